The van der Waals surface area contributed by atoms with E-state index >= 15 is 0 Å². The maximum Gasteiger partial charge on any atom is 0.254 e. The number of hydrogen-bond acceptors (Lipinski definition) is 4. The summed E-state index contributed by atoms with van der Waals surface area (Å²) < 4.78 is 0. The summed E-state index contributed by atoms with van der Waals surface area (Å²) in [6, 6.07) is 32.2. The molecule has 2 aliphatic carbocycles. The van der Waals surface area contributed by atoms with Gasteiger partial charge in [0.2, 0.25) is 0 Å². The minimum atomic E-state index is -0.470. The van der Waals surface area contributed by atoms with Crippen molar-refractivity contribution < 1.29 is 4.79 Å². The van der Waals surface area contributed by atoms with Gasteiger partial charge in [-0.05, 0) is 43.5 Å². The van der Waals surface area contributed by atoms with E-state index in [-0.39, 0.29) is 22.4 Å². The van der Waals surface area contributed by atoms with Gasteiger partial charge in [0.1, 0.15) is 6.17 Å². The van der Waals surface area contributed by atoms with E-state index in [1.807, 2.05) is 0 Å². The van der Waals surface area contributed by atoms with E-state index in [2.05, 4.69) is 132 Å². The Kier molecular flexibility index (Phi) is 6.42. The SMILES string of the molecule is CN1CCN(C(=O)C(N[C@]2(c3ccccc3)C[C@H]2c2ccccc2)N[C@]2(C)C[C@]2(C)c2ccccc2)CC1. The molecule has 6 rings (SSSR count). The summed E-state index contributed by atoms with van der Waals surface area (Å²) in [4.78, 5) is 18.6. The first kappa shape index (κ1) is 25.3. The van der Waals surface area contributed by atoms with Crippen molar-refractivity contribution in [1.82, 2.24) is 20.4 Å². The normalized spacial score (nSPS) is 31.6. The van der Waals surface area contributed by atoms with Crippen molar-refractivity contribution in [3.05, 3.63) is 108 Å². The highest BCUT2D eigenvalue weighted by atomic mass is 16.2. The molecule has 1 heterocycles. The summed E-state index contributed by atoms with van der Waals surface area (Å²) in [5.74, 6) is 0.485. The predicted molar refractivity (Wildman–Crippen MR) is 153 cm³/mol. The van der Waals surface area contributed by atoms with E-state index in [0.717, 1.165) is 39.0 Å². The standard InChI is InChI=1S/C33H40N4O/c1-31(26-15-9-5-10-16-26)24-32(31,2)34-29(30(38)37-21-19-36(3)20-22-37)35-33(27-17-11-6-12-18-27)23-28(33)25-13-7-4-8-14-25/h4-18,28-29,34-35H,19-24H2,1-3H3/t28-,29?,31+,32+,33-/m0/s1. The lowest BCUT2D eigenvalue weighted by atomic mass is 9.93. The van der Waals surface area contributed by atoms with Crippen molar-refractivity contribution in [3.63, 3.8) is 0 Å². The van der Waals surface area contributed by atoms with Gasteiger partial charge in [-0.3, -0.25) is 15.4 Å². The molecule has 0 spiro atoms. The van der Waals surface area contributed by atoms with Gasteiger partial charge in [-0.1, -0.05) is 97.9 Å². The molecule has 1 unspecified atom stereocenters. The number of likely N-dealkylation sites (N-methyl/N-ethyl adjacent to an activating group) is 1. The van der Waals surface area contributed by atoms with Gasteiger partial charge in [-0.15, -0.1) is 0 Å². The molecule has 198 valence electrons. The Morgan fingerprint density at radius 3 is 1.95 bits per heavy atom. The second kappa shape index (κ2) is 9.64. The Morgan fingerprint density at radius 1 is 0.789 bits per heavy atom. The third-order valence-electron chi connectivity index (χ3n) is 9.59. The Bertz CT molecular complexity index is 1260. The number of carbonyl (C=O) groups is 1. The number of rotatable bonds is 8. The van der Waals surface area contributed by atoms with Gasteiger partial charge >= 0.3 is 0 Å². The molecule has 0 radical (unpaired) electrons. The van der Waals surface area contributed by atoms with Crippen LogP contribution in [0.5, 0.6) is 0 Å². The van der Waals surface area contributed by atoms with Gasteiger partial charge in [0.25, 0.3) is 5.91 Å². The van der Waals surface area contributed by atoms with Gasteiger partial charge in [0.05, 0.1) is 5.54 Å². The quantitative estimate of drug-likeness (QED) is 0.441. The highest BCUT2D eigenvalue weighted by molar-refractivity contribution is 5.82. The number of hydrogen-bond donors (Lipinski definition) is 2. The molecule has 1 amide bonds. The lowest BCUT2D eigenvalue weighted by Gasteiger charge is -2.38. The van der Waals surface area contributed by atoms with Crippen LogP contribution in [-0.2, 0) is 15.7 Å². The van der Waals surface area contributed by atoms with E-state index in [9.17, 15) is 4.79 Å². The molecule has 3 fully saturated rings. The zero-order chi connectivity index (χ0) is 26.4. The van der Waals surface area contributed by atoms with Crippen LogP contribution in [0.4, 0.5) is 0 Å². The van der Waals surface area contributed by atoms with Crippen molar-refractivity contribution in [3.8, 4) is 0 Å². The van der Waals surface area contributed by atoms with Crippen LogP contribution in [0, 0.1) is 0 Å². The Labute approximate surface area is 227 Å². The van der Waals surface area contributed by atoms with E-state index in [0.29, 0.717) is 5.92 Å². The first-order valence-electron chi connectivity index (χ1n) is 14.0. The molecule has 5 nitrogen and oxygen atoms in total. The van der Waals surface area contributed by atoms with Gasteiger partial charge in [-0.2, -0.15) is 0 Å². The average molecular weight is 509 g/mol. The van der Waals surface area contributed by atoms with Crippen LogP contribution >= 0.6 is 0 Å². The minimum Gasteiger partial charge on any atom is -0.338 e. The van der Waals surface area contributed by atoms with E-state index in [4.69, 9.17) is 0 Å². The minimum absolute atomic E-state index is 0.0150. The van der Waals surface area contributed by atoms with Crippen molar-refractivity contribution in [2.75, 3.05) is 33.2 Å². The first-order chi connectivity index (χ1) is 18.3. The summed E-state index contributed by atoms with van der Waals surface area (Å²) in [5.41, 5.74) is 3.42. The average Bonchev–Trinajstić information content (AvgIpc) is 3.83. The molecule has 1 aliphatic heterocycles. The van der Waals surface area contributed by atoms with Crippen molar-refractivity contribution in [2.24, 2.45) is 0 Å². The molecule has 2 saturated carbocycles. The van der Waals surface area contributed by atoms with Crippen LogP contribution in [0.3, 0.4) is 0 Å². The fourth-order valence-corrected chi connectivity index (χ4v) is 6.69. The molecule has 5 heteroatoms. The summed E-state index contributed by atoms with van der Waals surface area (Å²) >= 11 is 0. The summed E-state index contributed by atoms with van der Waals surface area (Å²) in [6.45, 7) is 7.96. The zero-order valence-corrected chi connectivity index (χ0v) is 22.9. The van der Waals surface area contributed by atoms with Crippen LogP contribution < -0.4 is 10.6 Å². The molecular weight excluding hydrogens is 468 g/mol. The lowest BCUT2D eigenvalue weighted by Crippen LogP contribution is -2.63. The van der Waals surface area contributed by atoms with Gasteiger partial charge in [0, 0.05) is 43.1 Å². The zero-order valence-electron chi connectivity index (χ0n) is 22.9. The van der Waals surface area contributed by atoms with Crippen molar-refractivity contribution >= 4 is 5.91 Å². The lowest BCUT2D eigenvalue weighted by molar-refractivity contribution is -0.136. The smallest absolute Gasteiger partial charge is 0.254 e. The largest absolute Gasteiger partial charge is 0.338 e. The highest BCUT2D eigenvalue weighted by Crippen LogP contribution is 2.60. The summed E-state index contributed by atoms with van der Waals surface area (Å²) in [5, 5.41) is 7.83. The topological polar surface area (TPSA) is 47.6 Å². The Hall–Kier alpha value is -2.99. The van der Waals surface area contributed by atoms with Crippen LogP contribution in [0.2, 0.25) is 0 Å². The maximum absolute atomic E-state index is 14.2. The number of nitrogens with one attached hydrogen (secondary N) is 2. The second-order valence-corrected chi connectivity index (χ2v) is 12.1. The monoisotopic (exact) mass is 508 g/mol. The van der Waals surface area contributed by atoms with Crippen LogP contribution in [0.25, 0.3) is 0 Å². The molecule has 3 aromatic rings. The number of nitrogens with zero attached hydrogens (tertiary/aromatic N) is 2. The predicted octanol–water partition coefficient (Wildman–Crippen LogP) is 4.47. The molecule has 0 bridgehead atoms. The summed E-state index contributed by atoms with van der Waals surface area (Å²) in [7, 11) is 2.13. The molecule has 5 atom stereocenters. The van der Waals surface area contributed by atoms with E-state index in [1.54, 1.807) is 0 Å². The van der Waals surface area contributed by atoms with E-state index in [1.165, 1.54) is 16.7 Å². The molecular formula is C33H40N4O. The number of benzene rings is 3. The Morgan fingerprint density at radius 2 is 1.34 bits per heavy atom. The number of amides is 1. The highest BCUT2D eigenvalue weighted by Gasteiger charge is 2.64. The van der Waals surface area contributed by atoms with Gasteiger partial charge in [-0.25, -0.2) is 0 Å². The molecule has 1 saturated heterocycles. The molecule has 2 N–H and O–H groups in total. The number of carbonyl (C=O) groups excluding carboxylic acids is 1. The maximum atomic E-state index is 14.2. The third kappa shape index (κ3) is 4.47. The van der Waals surface area contributed by atoms with Crippen LogP contribution in [0.15, 0.2) is 91.0 Å². The van der Waals surface area contributed by atoms with Gasteiger partial charge in [0.15, 0.2) is 0 Å². The summed E-state index contributed by atoms with van der Waals surface area (Å²) in [6.07, 6.45) is 1.50. The second-order valence-electron chi connectivity index (χ2n) is 12.1. The molecule has 3 aliphatic rings. The van der Waals surface area contributed by atoms with Crippen LogP contribution in [0.1, 0.15) is 49.3 Å². The van der Waals surface area contributed by atoms with Gasteiger partial charge < -0.3 is 9.80 Å². The molecule has 38 heavy (non-hydrogen) atoms. The fraction of sp³-hybridized carbons (Fsp3) is 0.424. The Balaban J connectivity index is 1.32. The number of piperazine rings is 1. The molecule has 3 aromatic carbocycles. The van der Waals surface area contributed by atoms with E-state index < -0.39 is 6.17 Å². The fourth-order valence-electron chi connectivity index (χ4n) is 6.69. The first-order valence-corrected chi connectivity index (χ1v) is 14.0. The van der Waals surface area contributed by atoms with Crippen LogP contribution in [-0.4, -0.2) is 60.6 Å². The van der Waals surface area contributed by atoms with Crippen molar-refractivity contribution in [1.29, 1.82) is 0 Å². The third-order valence-corrected chi connectivity index (χ3v) is 9.59. The van der Waals surface area contributed by atoms with Crippen molar-refractivity contribution in [2.45, 2.75) is 55.3 Å². The molecule has 0 aromatic heterocycles.